The summed E-state index contributed by atoms with van der Waals surface area (Å²) in [6.45, 7) is 5.37. The molecule has 1 aromatic heterocycles. The Balaban J connectivity index is 1.41. The van der Waals surface area contributed by atoms with Gasteiger partial charge in [0.2, 0.25) is 0 Å². The predicted octanol–water partition coefficient (Wildman–Crippen LogP) is 4.04. The van der Waals surface area contributed by atoms with E-state index in [1.165, 1.54) is 22.3 Å². The highest BCUT2D eigenvalue weighted by Gasteiger charge is 2.03. The van der Waals surface area contributed by atoms with E-state index in [-0.39, 0.29) is 0 Å². The zero-order chi connectivity index (χ0) is 18.4. The highest BCUT2D eigenvalue weighted by Crippen LogP contribution is 2.18. The Morgan fingerprint density at radius 2 is 1.85 bits per heavy atom. The molecule has 0 aliphatic rings. The number of hydrogen-bond acceptors (Lipinski definition) is 3. The quantitative estimate of drug-likeness (QED) is 0.575. The minimum Gasteiger partial charge on any atom is -0.375 e. The number of hydrogen-bond donors (Lipinski definition) is 0. The Hall–Kier alpha value is -2.43. The lowest BCUT2D eigenvalue weighted by Crippen LogP contribution is -2.22. The first-order chi connectivity index (χ1) is 12.6. The molecule has 0 amide bonds. The van der Waals surface area contributed by atoms with Crippen molar-refractivity contribution in [3.8, 4) is 11.3 Å². The van der Waals surface area contributed by atoms with Crippen LogP contribution in [0.5, 0.6) is 0 Å². The average Bonchev–Trinajstić information content (AvgIpc) is 3.05. The van der Waals surface area contributed by atoms with Crippen LogP contribution in [-0.2, 0) is 24.9 Å². The van der Waals surface area contributed by atoms with Gasteiger partial charge in [0.1, 0.15) is 0 Å². The fraction of sp³-hybridized carbons (Fsp3) is 0.318. The van der Waals surface area contributed by atoms with Crippen LogP contribution in [0.3, 0.4) is 0 Å². The van der Waals surface area contributed by atoms with Crippen LogP contribution in [0, 0.1) is 6.92 Å². The van der Waals surface area contributed by atoms with Crippen LogP contribution >= 0.6 is 0 Å². The summed E-state index contributed by atoms with van der Waals surface area (Å²) in [5, 5.41) is 4.21. The van der Waals surface area contributed by atoms with E-state index < -0.39 is 0 Å². The fourth-order valence-corrected chi connectivity index (χ4v) is 3.04. The van der Waals surface area contributed by atoms with Gasteiger partial charge in [0.25, 0.3) is 0 Å². The molecular weight excluding hydrogens is 322 g/mol. The third kappa shape index (κ3) is 5.04. The second-order valence-electron chi connectivity index (χ2n) is 6.82. The van der Waals surface area contributed by atoms with Crippen LogP contribution in [0.25, 0.3) is 11.3 Å². The molecule has 136 valence electrons. The number of ether oxygens (including phenoxy) is 1. The molecule has 0 bridgehead atoms. The molecular formula is C22H27N3O. The number of aromatic nitrogens is 2. The Morgan fingerprint density at radius 1 is 1.04 bits per heavy atom. The van der Waals surface area contributed by atoms with Gasteiger partial charge in [-0.3, -0.25) is 9.58 Å². The van der Waals surface area contributed by atoms with E-state index in [1.54, 1.807) is 0 Å². The normalized spacial score (nSPS) is 11.2. The summed E-state index contributed by atoms with van der Waals surface area (Å²) in [5.74, 6) is 0. The van der Waals surface area contributed by atoms with Crippen LogP contribution in [-0.4, -0.2) is 34.9 Å². The number of nitrogens with zero attached hydrogens (tertiary/aromatic N) is 3. The number of benzene rings is 2. The van der Waals surface area contributed by atoms with Crippen molar-refractivity contribution in [2.24, 2.45) is 7.05 Å². The first kappa shape index (κ1) is 18.4. The smallest absolute Gasteiger partial charge is 0.0717 e. The van der Waals surface area contributed by atoms with Crippen molar-refractivity contribution in [3.05, 3.63) is 77.5 Å². The molecule has 1 heterocycles. The molecule has 0 aliphatic carbocycles. The van der Waals surface area contributed by atoms with E-state index >= 15 is 0 Å². The van der Waals surface area contributed by atoms with Gasteiger partial charge in [-0.05, 0) is 36.7 Å². The SMILES string of the molecule is Cc1cccc(CN(C)CCOCc2ccc(-c3ccnn3C)cc2)c1. The van der Waals surface area contributed by atoms with Gasteiger partial charge in [-0.15, -0.1) is 0 Å². The maximum absolute atomic E-state index is 5.85. The molecule has 0 fully saturated rings. The second kappa shape index (κ2) is 8.79. The van der Waals surface area contributed by atoms with Gasteiger partial charge in [0.05, 0.1) is 18.9 Å². The molecule has 26 heavy (non-hydrogen) atoms. The molecule has 3 rings (SSSR count). The van der Waals surface area contributed by atoms with Crippen LogP contribution in [0.2, 0.25) is 0 Å². The van der Waals surface area contributed by atoms with Gasteiger partial charge in [0, 0.05) is 26.3 Å². The molecule has 0 aliphatic heterocycles. The Kier molecular flexibility index (Phi) is 6.21. The van der Waals surface area contributed by atoms with E-state index in [4.69, 9.17) is 4.74 Å². The summed E-state index contributed by atoms with van der Waals surface area (Å²) < 4.78 is 7.73. The van der Waals surface area contributed by atoms with Gasteiger partial charge < -0.3 is 4.74 Å². The van der Waals surface area contributed by atoms with Crippen LogP contribution in [0.4, 0.5) is 0 Å². The molecule has 4 nitrogen and oxygen atoms in total. The standard InChI is InChI=1S/C22H27N3O/c1-18-5-4-6-20(15-18)16-24(2)13-14-26-17-19-7-9-21(10-8-19)22-11-12-23-25(22)3/h4-12,15H,13-14,16-17H2,1-3H3. The summed E-state index contributed by atoms with van der Waals surface area (Å²) in [4.78, 5) is 2.29. The molecule has 0 unspecified atom stereocenters. The first-order valence-corrected chi connectivity index (χ1v) is 9.01. The molecule has 0 atom stereocenters. The van der Waals surface area contributed by atoms with Gasteiger partial charge in [-0.25, -0.2) is 0 Å². The van der Waals surface area contributed by atoms with Gasteiger partial charge in [-0.2, -0.15) is 5.10 Å². The summed E-state index contributed by atoms with van der Waals surface area (Å²) in [7, 11) is 4.09. The average molecular weight is 349 g/mol. The van der Waals surface area contributed by atoms with Crippen molar-refractivity contribution in [2.45, 2.75) is 20.1 Å². The third-order valence-electron chi connectivity index (χ3n) is 4.49. The second-order valence-corrected chi connectivity index (χ2v) is 6.82. The van der Waals surface area contributed by atoms with E-state index in [2.05, 4.69) is 72.5 Å². The fourth-order valence-electron chi connectivity index (χ4n) is 3.04. The van der Waals surface area contributed by atoms with E-state index in [0.717, 1.165) is 25.4 Å². The molecule has 0 N–H and O–H groups in total. The lowest BCUT2D eigenvalue weighted by Gasteiger charge is -2.17. The maximum atomic E-state index is 5.85. The van der Waals surface area contributed by atoms with E-state index in [9.17, 15) is 0 Å². The minimum absolute atomic E-state index is 0.643. The highest BCUT2D eigenvalue weighted by molar-refractivity contribution is 5.59. The maximum Gasteiger partial charge on any atom is 0.0717 e. The van der Waals surface area contributed by atoms with Crippen molar-refractivity contribution in [2.75, 3.05) is 20.2 Å². The van der Waals surface area contributed by atoms with Crippen LogP contribution in [0.1, 0.15) is 16.7 Å². The van der Waals surface area contributed by atoms with Gasteiger partial charge >= 0.3 is 0 Å². The largest absolute Gasteiger partial charge is 0.375 e. The lowest BCUT2D eigenvalue weighted by molar-refractivity contribution is 0.0980. The van der Waals surface area contributed by atoms with Crippen molar-refractivity contribution >= 4 is 0 Å². The van der Waals surface area contributed by atoms with Gasteiger partial charge in [0.15, 0.2) is 0 Å². The van der Waals surface area contributed by atoms with Gasteiger partial charge in [-0.1, -0.05) is 54.1 Å². The number of aryl methyl sites for hydroxylation is 2. The Labute approximate surface area is 156 Å². The highest BCUT2D eigenvalue weighted by atomic mass is 16.5. The minimum atomic E-state index is 0.643. The van der Waals surface area contributed by atoms with E-state index in [0.29, 0.717) is 6.61 Å². The van der Waals surface area contributed by atoms with Crippen molar-refractivity contribution < 1.29 is 4.74 Å². The van der Waals surface area contributed by atoms with E-state index in [1.807, 2.05) is 24.0 Å². The van der Waals surface area contributed by atoms with Crippen molar-refractivity contribution in [1.82, 2.24) is 14.7 Å². The van der Waals surface area contributed by atoms with Crippen molar-refractivity contribution in [3.63, 3.8) is 0 Å². The van der Waals surface area contributed by atoms with Crippen LogP contribution in [0.15, 0.2) is 60.8 Å². The molecule has 3 aromatic rings. The topological polar surface area (TPSA) is 30.3 Å². The zero-order valence-corrected chi connectivity index (χ0v) is 15.9. The number of likely N-dealkylation sites (N-methyl/N-ethyl adjacent to an activating group) is 1. The molecule has 0 spiro atoms. The van der Waals surface area contributed by atoms with Crippen molar-refractivity contribution in [1.29, 1.82) is 0 Å². The summed E-state index contributed by atoms with van der Waals surface area (Å²) in [6.07, 6.45) is 1.82. The summed E-state index contributed by atoms with van der Waals surface area (Å²) >= 11 is 0. The number of rotatable bonds is 8. The Morgan fingerprint density at radius 3 is 2.54 bits per heavy atom. The predicted molar refractivity (Wildman–Crippen MR) is 106 cm³/mol. The monoisotopic (exact) mass is 349 g/mol. The lowest BCUT2D eigenvalue weighted by atomic mass is 10.1. The first-order valence-electron chi connectivity index (χ1n) is 9.01. The molecule has 0 saturated heterocycles. The Bertz CT molecular complexity index is 823. The third-order valence-corrected chi connectivity index (χ3v) is 4.49. The molecule has 2 aromatic carbocycles. The summed E-state index contributed by atoms with van der Waals surface area (Å²) in [5.41, 5.74) is 6.14. The van der Waals surface area contributed by atoms with Crippen LogP contribution < -0.4 is 0 Å². The molecule has 0 radical (unpaired) electrons. The molecule has 4 heteroatoms. The summed E-state index contributed by atoms with van der Waals surface area (Å²) in [6, 6.07) is 19.2. The molecule has 0 saturated carbocycles. The zero-order valence-electron chi connectivity index (χ0n) is 15.9.